The number of halogens is 3. The van der Waals surface area contributed by atoms with Crippen LogP contribution in [0.1, 0.15) is 0 Å². The molecule has 1 aliphatic heterocycles. The first kappa shape index (κ1) is 23.8. The molecule has 10 heteroatoms. The van der Waals surface area contributed by atoms with Crippen LogP contribution in [0.5, 0.6) is 0 Å². The van der Waals surface area contributed by atoms with Gasteiger partial charge in [0.25, 0.3) is 0 Å². The molecule has 35 heavy (non-hydrogen) atoms. The lowest BCUT2D eigenvalue weighted by Gasteiger charge is -2.36. The van der Waals surface area contributed by atoms with Crippen molar-refractivity contribution in [3.63, 3.8) is 0 Å². The summed E-state index contributed by atoms with van der Waals surface area (Å²) in [5.41, 5.74) is 1.65. The minimum Gasteiger partial charge on any atom is -0.419 e. The number of aromatic nitrogens is 1. The number of hydrogen-bond acceptors (Lipinski definition) is 6. The van der Waals surface area contributed by atoms with Crippen molar-refractivity contribution in [1.82, 2.24) is 4.98 Å². The molecule has 0 amide bonds. The summed E-state index contributed by atoms with van der Waals surface area (Å²) in [4.78, 5) is 8.43. The van der Waals surface area contributed by atoms with E-state index in [1.165, 1.54) is 12.1 Å². The van der Waals surface area contributed by atoms with E-state index in [0.717, 1.165) is 22.3 Å². The molecule has 180 valence electrons. The highest BCUT2D eigenvalue weighted by Crippen LogP contribution is 2.36. The van der Waals surface area contributed by atoms with Gasteiger partial charge in [0, 0.05) is 46.9 Å². The summed E-state index contributed by atoms with van der Waals surface area (Å²) in [6, 6.07) is 19.6. The number of benzene rings is 3. The van der Waals surface area contributed by atoms with Gasteiger partial charge in [-0.3, -0.25) is 0 Å². The Bertz CT molecular complexity index is 1450. The van der Waals surface area contributed by atoms with Crippen LogP contribution in [0.15, 0.2) is 91.6 Å². The van der Waals surface area contributed by atoms with Gasteiger partial charge in [0.15, 0.2) is 0 Å². The normalized spacial score (nSPS) is 14.4. The zero-order valence-electron chi connectivity index (χ0n) is 18.4. The fraction of sp³-hybridized carbons (Fsp3) is 0.160. The Balaban J connectivity index is 1.51. The topological polar surface area (TPSA) is 66.7 Å². The molecule has 0 atom stereocenters. The largest absolute Gasteiger partial charge is 0.419 e. The second-order valence-electron chi connectivity index (χ2n) is 8.05. The molecular weight excluding hydrogens is 557 g/mol. The first-order valence-corrected chi connectivity index (χ1v) is 13.5. The Labute approximate surface area is 216 Å². The van der Waals surface area contributed by atoms with Gasteiger partial charge in [-0.1, -0.05) is 33.6 Å². The lowest BCUT2D eigenvalue weighted by molar-refractivity contribution is 0.525. The van der Waals surface area contributed by atoms with Crippen LogP contribution in [0, 0.1) is 5.82 Å². The molecule has 1 aromatic heterocycles. The van der Waals surface area contributed by atoms with Crippen molar-refractivity contribution < 1.29 is 17.2 Å². The molecule has 0 unspecified atom stereocenters. The second kappa shape index (κ2) is 9.64. The highest BCUT2D eigenvalue weighted by molar-refractivity contribution is 9.10. The Kier molecular flexibility index (Phi) is 6.57. The molecule has 0 spiro atoms. The summed E-state index contributed by atoms with van der Waals surface area (Å²) in [6.45, 7) is 2.33. The van der Waals surface area contributed by atoms with Crippen molar-refractivity contribution in [1.29, 1.82) is 0 Å². The Hall–Kier alpha value is -2.88. The van der Waals surface area contributed by atoms with Gasteiger partial charge >= 0.3 is 0 Å². The third kappa shape index (κ3) is 4.94. The average Bonchev–Trinajstić information content (AvgIpc) is 3.31. The third-order valence-electron chi connectivity index (χ3n) is 5.79. The molecule has 3 aromatic carbocycles. The van der Waals surface area contributed by atoms with E-state index in [1.807, 2.05) is 41.3 Å². The molecule has 0 radical (unpaired) electrons. The molecule has 4 aromatic rings. The van der Waals surface area contributed by atoms with E-state index < -0.39 is 15.7 Å². The SMILES string of the molecule is O=S(=O)(c1ccc(F)cc1)c1nc(-c2ccc(Br)cc2)oc1N1CCN(c2cccc(Cl)c2)CC1. The van der Waals surface area contributed by atoms with E-state index >= 15 is 0 Å². The monoisotopic (exact) mass is 575 g/mol. The number of hydrogen-bond donors (Lipinski definition) is 0. The molecule has 6 nitrogen and oxygen atoms in total. The van der Waals surface area contributed by atoms with Gasteiger partial charge in [-0.15, -0.1) is 0 Å². The fourth-order valence-corrected chi connectivity index (χ4v) is 5.73. The number of sulfone groups is 1. The lowest BCUT2D eigenvalue weighted by Crippen LogP contribution is -2.46. The molecule has 1 aliphatic rings. The van der Waals surface area contributed by atoms with E-state index in [4.69, 9.17) is 16.0 Å². The van der Waals surface area contributed by atoms with Crippen molar-refractivity contribution in [2.75, 3.05) is 36.0 Å². The summed E-state index contributed by atoms with van der Waals surface area (Å²) in [6.07, 6.45) is 0. The van der Waals surface area contributed by atoms with Crippen LogP contribution in [0.3, 0.4) is 0 Å². The Morgan fingerprint density at radius 1 is 0.914 bits per heavy atom. The predicted octanol–water partition coefficient (Wildman–Crippen LogP) is 6.06. The minimum absolute atomic E-state index is 0.0478. The second-order valence-corrected chi connectivity index (χ2v) is 11.3. The molecule has 0 saturated carbocycles. The summed E-state index contributed by atoms with van der Waals surface area (Å²) in [5, 5.41) is 0.477. The standard InChI is InChI=1S/C25H20BrClFN3O3S/c26-18-6-4-17(5-7-18)23-29-24(35(32,33)22-10-8-20(28)9-11-22)25(34-23)31-14-12-30(13-15-31)21-3-1-2-19(27)16-21/h1-11,16H,12-15H2. The van der Waals surface area contributed by atoms with Crippen molar-refractivity contribution in [3.8, 4) is 11.5 Å². The maximum Gasteiger partial charge on any atom is 0.236 e. The van der Waals surface area contributed by atoms with Crippen molar-refractivity contribution in [3.05, 3.63) is 88.1 Å². The van der Waals surface area contributed by atoms with Crippen molar-refractivity contribution >= 4 is 48.9 Å². The number of anilines is 2. The van der Waals surface area contributed by atoms with Gasteiger partial charge in [0.05, 0.1) is 4.90 Å². The van der Waals surface area contributed by atoms with Crippen LogP contribution in [0.25, 0.3) is 11.5 Å². The first-order valence-electron chi connectivity index (χ1n) is 10.8. The highest BCUT2D eigenvalue weighted by Gasteiger charge is 2.33. The smallest absolute Gasteiger partial charge is 0.236 e. The highest BCUT2D eigenvalue weighted by atomic mass is 79.9. The van der Waals surface area contributed by atoms with Gasteiger partial charge in [0.1, 0.15) is 5.82 Å². The van der Waals surface area contributed by atoms with Gasteiger partial charge in [-0.25, -0.2) is 12.8 Å². The molecule has 0 aliphatic carbocycles. The van der Waals surface area contributed by atoms with E-state index in [-0.39, 0.29) is 21.7 Å². The Morgan fingerprint density at radius 2 is 1.57 bits per heavy atom. The maximum atomic E-state index is 13.5. The van der Waals surface area contributed by atoms with Crippen molar-refractivity contribution in [2.45, 2.75) is 9.92 Å². The minimum atomic E-state index is -4.06. The van der Waals surface area contributed by atoms with Gasteiger partial charge < -0.3 is 14.2 Å². The van der Waals surface area contributed by atoms with Crippen LogP contribution >= 0.6 is 27.5 Å². The van der Waals surface area contributed by atoms with Crippen LogP contribution in [-0.4, -0.2) is 39.6 Å². The molecule has 2 heterocycles. The summed E-state index contributed by atoms with van der Waals surface area (Å²) in [5.74, 6) is -0.138. The number of rotatable bonds is 5. The predicted molar refractivity (Wildman–Crippen MR) is 137 cm³/mol. The molecule has 0 bridgehead atoms. The number of piperazine rings is 1. The van der Waals surface area contributed by atoms with Gasteiger partial charge in [-0.2, -0.15) is 4.98 Å². The third-order valence-corrected chi connectivity index (χ3v) is 8.22. The van der Waals surface area contributed by atoms with Crippen LogP contribution in [0.4, 0.5) is 16.0 Å². The van der Waals surface area contributed by atoms with Crippen LogP contribution in [0.2, 0.25) is 5.02 Å². The Morgan fingerprint density at radius 3 is 2.23 bits per heavy atom. The van der Waals surface area contributed by atoms with E-state index in [2.05, 4.69) is 25.8 Å². The van der Waals surface area contributed by atoms with E-state index in [0.29, 0.717) is 36.8 Å². The first-order chi connectivity index (χ1) is 16.8. The summed E-state index contributed by atoms with van der Waals surface area (Å²) in [7, 11) is -4.06. The number of oxazole rings is 1. The maximum absolute atomic E-state index is 13.5. The van der Waals surface area contributed by atoms with Gasteiger partial charge in [-0.05, 0) is 66.7 Å². The molecule has 1 fully saturated rings. The zero-order chi connectivity index (χ0) is 24.6. The fourth-order valence-electron chi connectivity index (χ4n) is 3.95. The lowest BCUT2D eigenvalue weighted by atomic mass is 10.2. The van der Waals surface area contributed by atoms with Crippen LogP contribution in [-0.2, 0) is 9.84 Å². The summed E-state index contributed by atoms with van der Waals surface area (Å²) >= 11 is 9.54. The van der Waals surface area contributed by atoms with E-state index in [9.17, 15) is 12.8 Å². The molecule has 1 saturated heterocycles. The molecule has 5 rings (SSSR count). The van der Waals surface area contributed by atoms with Crippen LogP contribution < -0.4 is 9.80 Å². The average molecular weight is 577 g/mol. The molecular formula is C25H20BrClFN3O3S. The zero-order valence-corrected chi connectivity index (χ0v) is 21.5. The molecule has 0 N–H and O–H groups in total. The number of nitrogens with zero attached hydrogens (tertiary/aromatic N) is 3. The quantitative estimate of drug-likeness (QED) is 0.269. The van der Waals surface area contributed by atoms with Gasteiger partial charge in [0.2, 0.25) is 26.6 Å². The summed E-state index contributed by atoms with van der Waals surface area (Å²) < 4.78 is 47.5. The van der Waals surface area contributed by atoms with Crippen molar-refractivity contribution in [2.24, 2.45) is 0 Å². The van der Waals surface area contributed by atoms with E-state index in [1.54, 1.807) is 12.1 Å².